The summed E-state index contributed by atoms with van der Waals surface area (Å²) >= 11 is 0. The van der Waals surface area contributed by atoms with Gasteiger partial charge in [0.25, 0.3) is 0 Å². The van der Waals surface area contributed by atoms with Crippen LogP contribution in [0.4, 0.5) is 0 Å². The van der Waals surface area contributed by atoms with E-state index in [2.05, 4.69) is 0 Å². The minimum atomic E-state index is -0.349. The molecule has 1 atom stereocenters. The number of hydrogen-bond acceptors (Lipinski definition) is 4. The average Bonchev–Trinajstić information content (AvgIpc) is 2.49. The summed E-state index contributed by atoms with van der Waals surface area (Å²) < 4.78 is 22.6. The van der Waals surface area contributed by atoms with E-state index in [-0.39, 0.29) is 24.6 Å². The van der Waals surface area contributed by atoms with Gasteiger partial charge in [0.15, 0.2) is 6.29 Å². The second kappa shape index (κ2) is 5.23. The fourth-order valence-corrected chi connectivity index (χ4v) is 1.98. The highest BCUT2D eigenvalue weighted by molar-refractivity contribution is 6.51. The molecule has 2 aliphatic rings. The van der Waals surface area contributed by atoms with Gasteiger partial charge in [-0.1, -0.05) is 0 Å². The summed E-state index contributed by atoms with van der Waals surface area (Å²) in [5, 5.41) is 0. The molecule has 2 rings (SSSR count). The van der Waals surface area contributed by atoms with Crippen molar-refractivity contribution >= 4 is 7.12 Å². The maximum atomic E-state index is 5.82. The quantitative estimate of drug-likeness (QED) is 0.573. The molecule has 2 saturated heterocycles. The average molecular weight is 254 g/mol. The molecule has 2 heterocycles. The zero-order valence-electron chi connectivity index (χ0n) is 11.8. The van der Waals surface area contributed by atoms with Gasteiger partial charge in [-0.2, -0.15) is 0 Å². The van der Waals surface area contributed by atoms with Gasteiger partial charge in [0.2, 0.25) is 0 Å². The van der Waals surface area contributed by atoms with Gasteiger partial charge in [0.05, 0.1) is 24.1 Å². The van der Waals surface area contributed by atoms with Crippen molar-refractivity contribution in [3.05, 3.63) is 12.2 Å². The predicted octanol–water partition coefficient (Wildman–Crippen LogP) is 2.67. The fourth-order valence-electron chi connectivity index (χ4n) is 1.98. The monoisotopic (exact) mass is 254 g/mol. The zero-order valence-corrected chi connectivity index (χ0v) is 11.8. The van der Waals surface area contributed by atoms with Crippen molar-refractivity contribution in [1.29, 1.82) is 0 Å². The Bertz CT molecular complexity index is 292. The van der Waals surface area contributed by atoms with E-state index in [0.29, 0.717) is 0 Å². The van der Waals surface area contributed by atoms with E-state index in [9.17, 15) is 0 Å². The molecule has 0 aliphatic carbocycles. The summed E-state index contributed by atoms with van der Waals surface area (Å²) in [5.74, 6) is 1.80. The van der Waals surface area contributed by atoms with E-state index < -0.39 is 0 Å². The Hall–Kier alpha value is -0.515. The summed E-state index contributed by atoms with van der Waals surface area (Å²) in [6.45, 7) is 8.92. The van der Waals surface area contributed by atoms with Crippen molar-refractivity contribution < 1.29 is 18.8 Å². The van der Waals surface area contributed by atoms with Crippen LogP contribution >= 0.6 is 0 Å². The molecule has 2 fully saturated rings. The normalized spacial score (nSPS) is 30.9. The molecule has 0 aromatic carbocycles. The van der Waals surface area contributed by atoms with Crippen molar-refractivity contribution in [2.45, 2.75) is 64.4 Å². The lowest BCUT2D eigenvalue weighted by Gasteiger charge is -2.32. The topological polar surface area (TPSA) is 36.9 Å². The van der Waals surface area contributed by atoms with E-state index in [1.807, 2.05) is 27.7 Å². The smallest absolute Gasteiger partial charge is 0.474 e. The first-order valence-electron chi connectivity index (χ1n) is 6.70. The molecule has 102 valence electrons. The van der Waals surface area contributed by atoms with Crippen LogP contribution in [0.25, 0.3) is 0 Å². The molecule has 0 aromatic rings. The number of rotatable bonds is 3. The van der Waals surface area contributed by atoms with E-state index in [4.69, 9.17) is 18.8 Å². The molecule has 0 N–H and O–H groups in total. The fraction of sp³-hybridized carbons (Fsp3) is 0.846. The van der Waals surface area contributed by atoms with Crippen LogP contribution < -0.4 is 0 Å². The van der Waals surface area contributed by atoms with E-state index in [1.54, 1.807) is 12.2 Å². The van der Waals surface area contributed by atoms with Crippen molar-refractivity contribution in [3.8, 4) is 0 Å². The predicted molar refractivity (Wildman–Crippen MR) is 69.9 cm³/mol. The van der Waals surface area contributed by atoms with Gasteiger partial charge in [0.1, 0.15) is 0 Å². The van der Waals surface area contributed by atoms with Crippen molar-refractivity contribution in [2.75, 3.05) is 6.61 Å². The molecule has 4 nitrogen and oxygen atoms in total. The summed E-state index contributed by atoms with van der Waals surface area (Å²) in [6, 6.07) is 0. The van der Waals surface area contributed by atoms with E-state index >= 15 is 0 Å². The molecular weight excluding hydrogens is 231 g/mol. The molecule has 0 bridgehead atoms. The minimum Gasteiger partial charge on any atom is -0.474 e. The standard InChI is InChI=1S/C13H23BO4/c1-12(2)13(3,4)18-14(17-12)8-10-16-11-7-5-6-9-15-11/h8,10-11H,5-7,9H2,1-4H3. The third-order valence-electron chi connectivity index (χ3n) is 3.88. The third kappa shape index (κ3) is 3.08. The lowest BCUT2D eigenvalue weighted by Crippen LogP contribution is -2.41. The Morgan fingerprint density at radius 2 is 1.78 bits per heavy atom. The highest BCUT2D eigenvalue weighted by atomic mass is 16.7. The molecule has 0 saturated carbocycles. The largest absolute Gasteiger partial charge is 0.490 e. The molecule has 2 aliphatic heterocycles. The van der Waals surface area contributed by atoms with Crippen LogP contribution in [0.3, 0.4) is 0 Å². The van der Waals surface area contributed by atoms with Crippen LogP contribution in [0, 0.1) is 0 Å². The van der Waals surface area contributed by atoms with Crippen LogP contribution in [-0.4, -0.2) is 31.2 Å². The molecule has 18 heavy (non-hydrogen) atoms. The highest BCUT2D eigenvalue weighted by Gasteiger charge is 2.50. The Balaban J connectivity index is 1.80. The third-order valence-corrected chi connectivity index (χ3v) is 3.88. The summed E-state index contributed by atoms with van der Waals surface area (Å²) in [6.07, 6.45) is 4.76. The van der Waals surface area contributed by atoms with E-state index in [0.717, 1.165) is 25.9 Å². The SMILES string of the molecule is CC1(C)OB(C=COC2CCCCO2)OC1(C)C. The van der Waals surface area contributed by atoms with Crippen LogP contribution in [0.1, 0.15) is 47.0 Å². The van der Waals surface area contributed by atoms with Gasteiger partial charge in [-0.25, -0.2) is 0 Å². The first-order chi connectivity index (χ1) is 8.41. The lowest BCUT2D eigenvalue weighted by molar-refractivity contribution is -0.129. The highest BCUT2D eigenvalue weighted by Crippen LogP contribution is 2.36. The van der Waals surface area contributed by atoms with Crippen molar-refractivity contribution in [3.63, 3.8) is 0 Å². The van der Waals surface area contributed by atoms with Gasteiger partial charge in [0, 0.05) is 6.42 Å². The number of ether oxygens (including phenoxy) is 2. The van der Waals surface area contributed by atoms with Gasteiger partial charge in [-0.05, 0) is 46.5 Å². The maximum Gasteiger partial charge on any atom is 0.490 e. The molecule has 0 amide bonds. The van der Waals surface area contributed by atoms with Crippen molar-refractivity contribution in [2.24, 2.45) is 0 Å². The summed E-state index contributed by atoms with van der Waals surface area (Å²) in [7, 11) is -0.349. The molecule has 0 aromatic heterocycles. The van der Waals surface area contributed by atoms with Crippen LogP contribution in [-0.2, 0) is 18.8 Å². The number of hydrogen-bond donors (Lipinski definition) is 0. The van der Waals surface area contributed by atoms with Crippen molar-refractivity contribution in [1.82, 2.24) is 0 Å². The maximum absolute atomic E-state index is 5.82. The lowest BCUT2D eigenvalue weighted by atomic mass is 9.90. The Morgan fingerprint density at radius 1 is 1.11 bits per heavy atom. The zero-order chi connectivity index (χ0) is 13.2. The Morgan fingerprint density at radius 3 is 2.33 bits per heavy atom. The van der Waals surface area contributed by atoms with Crippen LogP contribution in [0.5, 0.6) is 0 Å². The first-order valence-corrected chi connectivity index (χ1v) is 6.70. The molecule has 0 radical (unpaired) electrons. The summed E-state index contributed by atoms with van der Waals surface area (Å²) in [4.78, 5) is 0. The summed E-state index contributed by atoms with van der Waals surface area (Å²) in [5.41, 5.74) is -0.604. The Kier molecular flexibility index (Phi) is 4.04. The molecule has 1 unspecified atom stereocenters. The Labute approximate surface area is 110 Å². The van der Waals surface area contributed by atoms with Gasteiger partial charge < -0.3 is 18.8 Å². The second-order valence-electron chi connectivity index (χ2n) is 5.89. The molecule has 5 heteroatoms. The van der Waals surface area contributed by atoms with Gasteiger partial charge in [-0.3, -0.25) is 0 Å². The van der Waals surface area contributed by atoms with Crippen LogP contribution in [0.15, 0.2) is 12.2 Å². The van der Waals surface area contributed by atoms with Crippen LogP contribution in [0.2, 0.25) is 0 Å². The van der Waals surface area contributed by atoms with Gasteiger partial charge >= 0.3 is 7.12 Å². The molecule has 0 spiro atoms. The van der Waals surface area contributed by atoms with Gasteiger partial charge in [-0.15, -0.1) is 0 Å². The minimum absolute atomic E-state index is 0.113. The molecular formula is C13H23BO4. The second-order valence-corrected chi connectivity index (χ2v) is 5.89. The van der Waals surface area contributed by atoms with E-state index in [1.165, 1.54) is 0 Å². The first kappa shape index (κ1) is 13.9.